The van der Waals surface area contributed by atoms with Gasteiger partial charge in [0.15, 0.2) is 11.5 Å². The van der Waals surface area contributed by atoms with Crippen LogP contribution in [0.3, 0.4) is 0 Å². The summed E-state index contributed by atoms with van der Waals surface area (Å²) in [7, 11) is 0. The fourth-order valence-corrected chi connectivity index (χ4v) is 8.18. The van der Waals surface area contributed by atoms with E-state index >= 15 is 0 Å². The van der Waals surface area contributed by atoms with Crippen LogP contribution in [0.5, 0.6) is 11.5 Å². The molecule has 4 N–H and O–H groups in total. The number of nitrogens with zero attached hydrogens (tertiary/aromatic N) is 6. The van der Waals surface area contributed by atoms with Crippen LogP contribution in [0, 0.1) is 13.8 Å². The lowest BCUT2D eigenvalue weighted by Crippen LogP contribution is -2.13. The van der Waals surface area contributed by atoms with Crippen LogP contribution < -0.4 is 10.6 Å². The van der Waals surface area contributed by atoms with Gasteiger partial charge in [-0.3, -0.25) is 9.59 Å². The maximum Gasteiger partial charge on any atom is 0.259 e. The Morgan fingerprint density at radius 1 is 0.521 bits per heavy atom. The number of rotatable bonds is 12. The lowest BCUT2D eigenvalue weighted by atomic mass is 10.0. The number of nitrogens with one attached hydrogen (secondary N) is 2. The second-order valence-corrected chi connectivity index (χ2v) is 16.8. The second-order valence-electron chi connectivity index (χ2n) is 16.8. The first kappa shape index (κ1) is 45.0. The standard InChI is InChI=1S/C59H44N8O4/c1-37-14-6-12-22-51(37)60-58(70)49-34-41-18-8-10-20-47(41)54(56(49)68)64-62-44-28-25-39(26-29-44)24-27-43-36-67(66-53(43)40-16-4-3-5-17-40)46-32-30-45(31-33-46)63-65-55-48-21-11-9-19-42(48)35-50(57(55)69)59(71)61-52-23-13-7-15-38(52)2/h3-36,68-69H,1-2H3,(H,60,70)(H,61,71). The van der Waals surface area contributed by atoms with Crippen molar-refractivity contribution in [2.24, 2.45) is 20.5 Å². The number of aromatic nitrogens is 2. The molecule has 0 spiro atoms. The Hall–Kier alpha value is -9.81. The molecule has 1 heterocycles. The molecule has 0 radical (unpaired) electrons. The summed E-state index contributed by atoms with van der Waals surface area (Å²) >= 11 is 0. The lowest BCUT2D eigenvalue weighted by Gasteiger charge is -2.12. The number of benzene rings is 9. The summed E-state index contributed by atoms with van der Waals surface area (Å²) in [6.45, 7) is 3.81. The van der Waals surface area contributed by atoms with Crippen molar-refractivity contribution >= 4 is 79.6 Å². The number of amides is 2. The number of aromatic hydroxyl groups is 2. The van der Waals surface area contributed by atoms with Gasteiger partial charge in [0.1, 0.15) is 11.4 Å². The zero-order valence-electron chi connectivity index (χ0n) is 38.5. The summed E-state index contributed by atoms with van der Waals surface area (Å²) in [6.07, 6.45) is 5.96. The van der Waals surface area contributed by atoms with Crippen molar-refractivity contribution in [3.05, 3.63) is 228 Å². The third-order valence-corrected chi connectivity index (χ3v) is 12.0. The van der Waals surface area contributed by atoms with Crippen molar-refractivity contribution in [2.45, 2.75) is 13.8 Å². The number of carbonyl (C=O) groups excluding carboxylic acids is 2. The molecule has 9 aromatic carbocycles. The van der Waals surface area contributed by atoms with Gasteiger partial charge in [-0.1, -0.05) is 140 Å². The normalized spacial score (nSPS) is 11.6. The van der Waals surface area contributed by atoms with E-state index in [1.165, 1.54) is 0 Å². The van der Waals surface area contributed by atoms with Gasteiger partial charge in [0.05, 0.1) is 33.9 Å². The van der Waals surface area contributed by atoms with E-state index in [0.717, 1.165) is 50.0 Å². The maximum absolute atomic E-state index is 13.5. The van der Waals surface area contributed by atoms with Gasteiger partial charge in [0, 0.05) is 39.5 Å². The van der Waals surface area contributed by atoms with E-state index < -0.39 is 11.8 Å². The SMILES string of the molecule is Cc1ccccc1NC(=O)c1cc2ccccc2c(N=Nc2ccc(C=Cc3cn(-c4ccc(N=Nc5c(O)c(C(=O)Nc6ccccc6C)cc6ccccc56)cc4)nc3-c3ccccc3)cc2)c1O. The fraction of sp³-hybridized carbons (Fsp3) is 0.0339. The van der Waals surface area contributed by atoms with Crippen molar-refractivity contribution in [1.29, 1.82) is 0 Å². The molecule has 10 rings (SSSR count). The van der Waals surface area contributed by atoms with E-state index in [2.05, 4.69) is 31.1 Å². The average Bonchev–Trinajstić information content (AvgIpc) is 3.83. The second kappa shape index (κ2) is 19.8. The zero-order chi connectivity index (χ0) is 48.8. The van der Waals surface area contributed by atoms with Crippen LogP contribution in [0.1, 0.15) is 43.0 Å². The van der Waals surface area contributed by atoms with Crippen molar-refractivity contribution in [3.63, 3.8) is 0 Å². The third kappa shape index (κ3) is 9.67. The quantitative estimate of drug-likeness (QED) is 0.0894. The van der Waals surface area contributed by atoms with Crippen molar-refractivity contribution in [2.75, 3.05) is 10.6 Å². The van der Waals surface area contributed by atoms with Crippen LogP contribution in [0.15, 0.2) is 215 Å². The van der Waals surface area contributed by atoms with Gasteiger partial charge in [-0.05, 0) is 102 Å². The van der Waals surface area contributed by atoms with Crippen molar-refractivity contribution < 1.29 is 19.8 Å². The molecule has 12 nitrogen and oxygen atoms in total. The number of aryl methyl sites for hydroxylation is 2. The molecular formula is C59H44N8O4. The zero-order valence-corrected chi connectivity index (χ0v) is 38.5. The Kier molecular flexibility index (Phi) is 12.6. The first-order chi connectivity index (χ1) is 34.7. The molecule has 2 amide bonds. The van der Waals surface area contributed by atoms with Crippen LogP contribution >= 0.6 is 0 Å². The third-order valence-electron chi connectivity index (χ3n) is 12.0. The van der Waals surface area contributed by atoms with E-state index in [0.29, 0.717) is 33.5 Å². The van der Waals surface area contributed by atoms with Gasteiger partial charge >= 0.3 is 0 Å². The molecule has 0 bridgehead atoms. The molecular weight excluding hydrogens is 885 g/mol. The molecule has 71 heavy (non-hydrogen) atoms. The predicted molar refractivity (Wildman–Crippen MR) is 282 cm³/mol. The Morgan fingerprint density at radius 3 is 1.51 bits per heavy atom. The molecule has 344 valence electrons. The highest BCUT2D eigenvalue weighted by atomic mass is 16.3. The van der Waals surface area contributed by atoms with Crippen molar-refractivity contribution in [1.82, 2.24) is 9.78 Å². The Balaban J connectivity index is 0.881. The number of para-hydroxylation sites is 2. The monoisotopic (exact) mass is 928 g/mol. The highest BCUT2D eigenvalue weighted by molar-refractivity contribution is 6.13. The Morgan fingerprint density at radius 2 is 0.986 bits per heavy atom. The minimum Gasteiger partial charge on any atom is -0.505 e. The molecule has 0 aliphatic rings. The molecule has 12 heteroatoms. The van der Waals surface area contributed by atoms with Crippen LogP contribution in [-0.2, 0) is 0 Å². The lowest BCUT2D eigenvalue weighted by molar-refractivity contribution is 0.101. The molecule has 10 aromatic rings. The number of phenols is 2. The molecule has 0 saturated carbocycles. The number of hydrogen-bond acceptors (Lipinski definition) is 9. The van der Waals surface area contributed by atoms with Gasteiger partial charge < -0.3 is 20.8 Å². The number of carbonyl (C=O) groups is 2. The number of phenolic OH excluding ortho intramolecular Hbond substituents is 2. The largest absolute Gasteiger partial charge is 0.505 e. The van der Waals surface area contributed by atoms with E-state index in [4.69, 9.17) is 5.10 Å². The predicted octanol–water partition coefficient (Wildman–Crippen LogP) is 15.4. The van der Waals surface area contributed by atoms with Gasteiger partial charge in [-0.15, -0.1) is 10.2 Å². The highest BCUT2D eigenvalue weighted by Gasteiger charge is 2.21. The van der Waals surface area contributed by atoms with Crippen LogP contribution in [0.25, 0.3) is 50.6 Å². The first-order valence-electron chi connectivity index (χ1n) is 22.8. The van der Waals surface area contributed by atoms with E-state index in [-0.39, 0.29) is 34.0 Å². The number of fused-ring (bicyclic) bond motifs is 2. The fourth-order valence-electron chi connectivity index (χ4n) is 8.18. The molecule has 1 aromatic heterocycles. The Bertz CT molecular complexity index is 3730. The van der Waals surface area contributed by atoms with E-state index in [1.54, 1.807) is 12.1 Å². The summed E-state index contributed by atoms with van der Waals surface area (Å²) in [6, 6.07) is 57.9. The maximum atomic E-state index is 13.5. The first-order valence-corrected chi connectivity index (χ1v) is 22.8. The van der Waals surface area contributed by atoms with Crippen LogP contribution in [-0.4, -0.2) is 31.8 Å². The topological polar surface area (TPSA) is 166 Å². The summed E-state index contributed by atoms with van der Waals surface area (Å²) < 4.78 is 1.81. The van der Waals surface area contributed by atoms with Crippen LogP contribution in [0.4, 0.5) is 34.1 Å². The molecule has 0 saturated heterocycles. The van der Waals surface area contributed by atoms with Gasteiger partial charge in [0.25, 0.3) is 11.8 Å². The van der Waals surface area contributed by atoms with E-state index in [9.17, 15) is 19.8 Å². The summed E-state index contributed by atoms with van der Waals surface area (Å²) in [4.78, 5) is 26.9. The molecule has 0 fully saturated rings. The minimum absolute atomic E-state index is 0.0878. The summed E-state index contributed by atoms with van der Waals surface area (Å²) in [5.74, 6) is -1.44. The molecule has 0 aliphatic carbocycles. The summed E-state index contributed by atoms with van der Waals surface area (Å²) in [5.41, 5.74) is 9.06. The summed E-state index contributed by atoms with van der Waals surface area (Å²) in [5, 5.41) is 54.3. The van der Waals surface area contributed by atoms with Gasteiger partial charge in [-0.25, -0.2) is 4.68 Å². The van der Waals surface area contributed by atoms with Crippen LogP contribution in [0.2, 0.25) is 0 Å². The van der Waals surface area contributed by atoms with E-state index in [1.807, 2.05) is 213 Å². The van der Waals surface area contributed by atoms with Crippen molar-refractivity contribution in [3.8, 4) is 28.4 Å². The van der Waals surface area contributed by atoms with Gasteiger partial charge in [0.2, 0.25) is 0 Å². The Labute approximate surface area is 408 Å². The molecule has 0 atom stereocenters. The molecule has 0 unspecified atom stereocenters. The number of hydrogen-bond donors (Lipinski definition) is 4. The van der Waals surface area contributed by atoms with Gasteiger partial charge in [-0.2, -0.15) is 15.3 Å². The number of azo groups is 2. The molecule has 0 aliphatic heterocycles. The minimum atomic E-state index is -0.457. The average molecular weight is 929 g/mol. The smallest absolute Gasteiger partial charge is 0.259 e. The highest BCUT2D eigenvalue weighted by Crippen LogP contribution is 2.41. The number of anilines is 2.